The van der Waals surface area contributed by atoms with Crippen LogP contribution in [0.1, 0.15) is 65.5 Å². The molecule has 1 N–H and O–H groups in total. The van der Waals surface area contributed by atoms with Crippen molar-refractivity contribution in [1.82, 2.24) is 0 Å². The van der Waals surface area contributed by atoms with Crippen LogP contribution < -0.4 is 0 Å². The number of ether oxygens (including phenoxy) is 2. The number of fused-ring (bicyclic) bond motifs is 3. The fourth-order valence-electron chi connectivity index (χ4n) is 8.86. The zero-order valence-corrected chi connectivity index (χ0v) is 19.4. The van der Waals surface area contributed by atoms with E-state index in [0.717, 1.165) is 18.4 Å². The molecule has 0 bridgehead atoms. The normalized spacial score (nSPS) is 52.9. The van der Waals surface area contributed by atoms with Crippen LogP contribution in [-0.4, -0.2) is 34.7 Å². The number of hydrogen-bond donors (Lipinski definition) is 1. The number of carbonyl (C=O) groups is 2. The molecule has 1 aromatic rings. The van der Waals surface area contributed by atoms with Crippen LogP contribution in [0.4, 0.5) is 0 Å². The highest BCUT2D eigenvalue weighted by Crippen LogP contribution is 2.79. The summed E-state index contributed by atoms with van der Waals surface area (Å²) < 4.78 is 17.6. The van der Waals surface area contributed by atoms with Crippen molar-refractivity contribution in [3.63, 3.8) is 0 Å². The molecule has 6 nitrogen and oxygen atoms in total. The Kier molecular flexibility index (Phi) is 3.72. The molecule has 4 fully saturated rings. The largest absolute Gasteiger partial charge is 0.472 e. The summed E-state index contributed by atoms with van der Waals surface area (Å²) in [5.74, 6) is -0.138. The van der Waals surface area contributed by atoms with Gasteiger partial charge in [-0.1, -0.05) is 40.7 Å². The van der Waals surface area contributed by atoms with Crippen LogP contribution in [0.15, 0.2) is 35.2 Å². The third-order valence-corrected chi connectivity index (χ3v) is 10.6. The van der Waals surface area contributed by atoms with Crippen LogP contribution in [0.25, 0.3) is 0 Å². The maximum absolute atomic E-state index is 13.0. The Bertz CT molecular complexity index is 1040. The SMILES string of the molecule is CC1(C)C(=O)C=C[C@@]2(C)[C@@H]1C[C@@H](O)[C@]1(C)[C@@H]2CC[C@@]2(C)[C@H](c3ccoc3)OC(=O)[C@H]3O[C@@]312. The first-order valence-electron chi connectivity index (χ1n) is 11.8. The van der Waals surface area contributed by atoms with E-state index in [1.54, 1.807) is 18.6 Å². The number of aliphatic hydroxyl groups excluding tert-OH is 1. The van der Waals surface area contributed by atoms with Crippen molar-refractivity contribution >= 4 is 11.8 Å². The molecule has 172 valence electrons. The Balaban J connectivity index is 1.52. The molecule has 1 aromatic heterocycles. The standard InChI is InChI=1S/C26H32O6/c1-22(2)16-12-18(28)25(5)15(23(16,3)9-7-17(22)27)6-10-24(4)19(14-8-11-30-13-14)31-21(29)20-26(24,25)32-20/h7-9,11,13,15-16,18-20,28H,6,10,12H2,1-5H3/t15-,16-,18-,19+,20-,23-,24+,25+,26-/m1/s1. The van der Waals surface area contributed by atoms with Gasteiger partial charge in [0.25, 0.3) is 0 Å². The van der Waals surface area contributed by atoms with Gasteiger partial charge >= 0.3 is 5.97 Å². The molecule has 0 radical (unpaired) electrons. The average molecular weight is 441 g/mol. The molecule has 0 aromatic carbocycles. The third-order valence-electron chi connectivity index (χ3n) is 10.6. The highest BCUT2D eigenvalue weighted by atomic mass is 16.7. The number of rotatable bonds is 1. The van der Waals surface area contributed by atoms with Crippen LogP contribution >= 0.6 is 0 Å². The molecule has 1 spiro atoms. The lowest BCUT2D eigenvalue weighted by molar-refractivity contribution is -0.246. The van der Waals surface area contributed by atoms with Gasteiger partial charge in [-0.2, -0.15) is 0 Å². The summed E-state index contributed by atoms with van der Waals surface area (Å²) in [6.07, 6.45) is 7.39. The van der Waals surface area contributed by atoms with Crippen molar-refractivity contribution < 1.29 is 28.6 Å². The zero-order valence-electron chi connectivity index (χ0n) is 19.4. The Morgan fingerprint density at radius 3 is 2.50 bits per heavy atom. The molecule has 9 atom stereocenters. The Labute approximate surface area is 188 Å². The Morgan fingerprint density at radius 1 is 1.06 bits per heavy atom. The number of esters is 1. The van der Waals surface area contributed by atoms with E-state index >= 15 is 0 Å². The predicted octanol–water partition coefficient (Wildman–Crippen LogP) is 3.99. The quantitative estimate of drug-likeness (QED) is 0.525. The van der Waals surface area contributed by atoms with Crippen molar-refractivity contribution in [2.45, 2.75) is 77.8 Å². The fourth-order valence-corrected chi connectivity index (χ4v) is 8.86. The molecule has 2 aliphatic heterocycles. The molecule has 5 aliphatic rings. The summed E-state index contributed by atoms with van der Waals surface area (Å²) in [7, 11) is 0. The van der Waals surface area contributed by atoms with E-state index in [1.165, 1.54) is 0 Å². The number of allylic oxidation sites excluding steroid dienone is 2. The molecule has 6 rings (SSSR count). The van der Waals surface area contributed by atoms with Gasteiger partial charge in [0, 0.05) is 21.8 Å². The molecule has 3 aliphatic carbocycles. The minimum atomic E-state index is -0.812. The van der Waals surface area contributed by atoms with E-state index in [-0.39, 0.29) is 29.0 Å². The molecule has 2 saturated heterocycles. The number of aliphatic hydroxyl groups is 1. The van der Waals surface area contributed by atoms with Crippen LogP contribution in [0.3, 0.4) is 0 Å². The number of cyclic esters (lactones) is 1. The third kappa shape index (κ3) is 1.98. The second-order valence-corrected chi connectivity index (χ2v) is 12.0. The molecule has 32 heavy (non-hydrogen) atoms. The topological polar surface area (TPSA) is 89.3 Å². The van der Waals surface area contributed by atoms with Crippen molar-refractivity contribution in [1.29, 1.82) is 0 Å². The lowest BCUT2D eigenvalue weighted by Gasteiger charge is -2.68. The number of ketones is 1. The first-order chi connectivity index (χ1) is 14.9. The highest BCUT2D eigenvalue weighted by molar-refractivity contribution is 5.95. The second kappa shape index (κ2) is 5.76. The molecule has 0 amide bonds. The van der Waals surface area contributed by atoms with Gasteiger partial charge in [-0.15, -0.1) is 0 Å². The maximum atomic E-state index is 13.0. The minimum Gasteiger partial charge on any atom is -0.472 e. The van der Waals surface area contributed by atoms with Crippen molar-refractivity contribution in [2.24, 2.45) is 33.5 Å². The fraction of sp³-hybridized carbons (Fsp3) is 0.692. The first-order valence-corrected chi connectivity index (χ1v) is 11.8. The summed E-state index contributed by atoms with van der Waals surface area (Å²) in [4.78, 5) is 25.8. The highest BCUT2D eigenvalue weighted by Gasteiger charge is 2.87. The molecule has 6 heteroatoms. The minimum absolute atomic E-state index is 0.0266. The lowest BCUT2D eigenvalue weighted by Crippen LogP contribution is -2.72. The monoisotopic (exact) mass is 440 g/mol. The molecular formula is C26H32O6. The zero-order chi connectivity index (χ0) is 22.9. The Hall–Kier alpha value is -1.92. The van der Waals surface area contributed by atoms with Crippen LogP contribution in [0, 0.1) is 33.5 Å². The van der Waals surface area contributed by atoms with E-state index in [9.17, 15) is 14.7 Å². The van der Waals surface area contributed by atoms with E-state index in [0.29, 0.717) is 6.42 Å². The van der Waals surface area contributed by atoms with Crippen LogP contribution in [-0.2, 0) is 19.1 Å². The average Bonchev–Trinajstić information content (AvgIpc) is 3.30. The summed E-state index contributed by atoms with van der Waals surface area (Å²) in [5.41, 5.74) is -1.95. The molecule has 3 heterocycles. The summed E-state index contributed by atoms with van der Waals surface area (Å²) in [6.45, 7) is 10.5. The summed E-state index contributed by atoms with van der Waals surface area (Å²) >= 11 is 0. The Morgan fingerprint density at radius 2 is 1.81 bits per heavy atom. The summed E-state index contributed by atoms with van der Waals surface area (Å²) in [5, 5.41) is 11.8. The first kappa shape index (κ1) is 20.7. The molecule has 2 saturated carbocycles. The van der Waals surface area contributed by atoms with Gasteiger partial charge in [-0.05, 0) is 48.7 Å². The van der Waals surface area contributed by atoms with E-state index < -0.39 is 40.2 Å². The van der Waals surface area contributed by atoms with Crippen LogP contribution in [0.2, 0.25) is 0 Å². The van der Waals surface area contributed by atoms with Gasteiger partial charge in [-0.25, -0.2) is 4.79 Å². The lowest BCUT2D eigenvalue weighted by atomic mass is 9.36. The van der Waals surface area contributed by atoms with E-state index in [2.05, 4.69) is 26.8 Å². The van der Waals surface area contributed by atoms with E-state index in [1.807, 2.05) is 19.9 Å². The van der Waals surface area contributed by atoms with Crippen LogP contribution in [0.5, 0.6) is 0 Å². The number of furan rings is 1. The van der Waals surface area contributed by atoms with Crippen molar-refractivity contribution in [3.05, 3.63) is 36.3 Å². The van der Waals surface area contributed by atoms with Gasteiger partial charge in [0.05, 0.1) is 18.6 Å². The van der Waals surface area contributed by atoms with Crippen molar-refractivity contribution in [3.8, 4) is 0 Å². The van der Waals surface area contributed by atoms with Gasteiger partial charge in [-0.3, -0.25) is 4.79 Å². The summed E-state index contributed by atoms with van der Waals surface area (Å²) in [6, 6.07) is 1.85. The number of epoxide rings is 1. The maximum Gasteiger partial charge on any atom is 0.339 e. The van der Waals surface area contributed by atoms with Gasteiger partial charge < -0.3 is 19.0 Å². The van der Waals surface area contributed by atoms with Gasteiger partial charge in [0.15, 0.2) is 11.9 Å². The van der Waals surface area contributed by atoms with Gasteiger partial charge in [0.1, 0.15) is 11.7 Å². The second-order valence-electron chi connectivity index (χ2n) is 12.0. The predicted molar refractivity (Wildman–Crippen MR) is 114 cm³/mol. The molecule has 0 unspecified atom stereocenters. The van der Waals surface area contributed by atoms with E-state index in [4.69, 9.17) is 13.9 Å². The van der Waals surface area contributed by atoms with Crippen molar-refractivity contribution in [2.75, 3.05) is 0 Å². The molecular weight excluding hydrogens is 408 g/mol. The smallest absolute Gasteiger partial charge is 0.339 e. The van der Waals surface area contributed by atoms with Gasteiger partial charge in [0.2, 0.25) is 0 Å². The number of hydrogen-bond acceptors (Lipinski definition) is 6. The number of carbonyl (C=O) groups excluding carboxylic acids is 2.